The third-order valence-electron chi connectivity index (χ3n) is 4.46. The topological polar surface area (TPSA) is 12.9 Å². The van der Waals surface area contributed by atoms with E-state index in [-0.39, 0.29) is 5.82 Å². The Bertz CT molecular complexity index is 895. The zero-order chi connectivity index (χ0) is 15.8. The Morgan fingerprint density at radius 3 is 2.83 bits per heavy atom. The molecule has 1 heterocycles. The lowest BCUT2D eigenvalue weighted by Gasteiger charge is -2.29. The second kappa shape index (κ2) is 6.06. The van der Waals surface area contributed by atoms with E-state index in [1.807, 2.05) is 5.51 Å². The van der Waals surface area contributed by atoms with Gasteiger partial charge in [-0.2, -0.15) is 0 Å². The Kier molecular flexibility index (Phi) is 3.92. The lowest BCUT2D eigenvalue weighted by atomic mass is 9.76. The minimum absolute atomic E-state index is 0.296. The molecule has 0 atom stereocenters. The molecule has 0 spiro atoms. The van der Waals surface area contributed by atoms with Crippen molar-refractivity contribution in [3.8, 4) is 0 Å². The molecule has 1 aromatic heterocycles. The molecule has 1 aliphatic carbocycles. The number of hydrogen-bond acceptors (Lipinski definition) is 2. The molecule has 0 bridgehead atoms. The maximum atomic E-state index is 13.4. The largest absolute Gasteiger partial charge is 0.245 e. The Morgan fingerprint density at radius 2 is 2.09 bits per heavy atom. The van der Waals surface area contributed by atoms with Crippen molar-refractivity contribution in [2.45, 2.75) is 19.3 Å². The van der Waals surface area contributed by atoms with Crippen LogP contribution in [-0.2, 0) is 0 Å². The molecular formula is C19H15ClFNS. The van der Waals surface area contributed by atoms with Gasteiger partial charge in [-0.3, -0.25) is 0 Å². The summed E-state index contributed by atoms with van der Waals surface area (Å²) in [6, 6.07) is 11.0. The molecule has 0 unspecified atom stereocenters. The molecule has 116 valence electrons. The van der Waals surface area contributed by atoms with Crippen LogP contribution in [0.2, 0.25) is 5.02 Å². The SMILES string of the molecule is Fc1ccc(/C(=C/c2ccc3scnc3c2)C2CCC2)c(Cl)c1. The minimum Gasteiger partial charge on any atom is -0.245 e. The summed E-state index contributed by atoms with van der Waals surface area (Å²) in [7, 11) is 0. The van der Waals surface area contributed by atoms with Gasteiger partial charge in [-0.1, -0.05) is 36.2 Å². The van der Waals surface area contributed by atoms with E-state index in [1.54, 1.807) is 17.4 Å². The second-order valence-corrected chi connectivity index (χ2v) is 7.22. The van der Waals surface area contributed by atoms with Crippen LogP contribution in [0.15, 0.2) is 41.9 Å². The molecular weight excluding hydrogens is 329 g/mol. The number of aromatic nitrogens is 1. The van der Waals surface area contributed by atoms with Gasteiger partial charge in [-0.15, -0.1) is 11.3 Å². The summed E-state index contributed by atoms with van der Waals surface area (Å²) in [6.45, 7) is 0. The summed E-state index contributed by atoms with van der Waals surface area (Å²) in [4.78, 5) is 4.38. The molecule has 4 heteroatoms. The molecule has 1 saturated carbocycles. The summed E-state index contributed by atoms with van der Waals surface area (Å²) < 4.78 is 14.5. The van der Waals surface area contributed by atoms with Crippen molar-refractivity contribution < 1.29 is 4.39 Å². The van der Waals surface area contributed by atoms with Crippen molar-refractivity contribution in [2.24, 2.45) is 5.92 Å². The molecule has 0 aliphatic heterocycles. The monoisotopic (exact) mass is 343 g/mol. The van der Waals surface area contributed by atoms with Crippen LogP contribution in [0.4, 0.5) is 4.39 Å². The predicted molar refractivity (Wildman–Crippen MR) is 96.2 cm³/mol. The van der Waals surface area contributed by atoms with E-state index in [0.29, 0.717) is 10.9 Å². The first-order valence-corrected chi connectivity index (χ1v) is 8.97. The number of benzene rings is 2. The van der Waals surface area contributed by atoms with Gasteiger partial charge in [0.15, 0.2) is 0 Å². The molecule has 2 aromatic carbocycles. The lowest BCUT2D eigenvalue weighted by Crippen LogP contribution is -2.13. The van der Waals surface area contributed by atoms with Gasteiger partial charge in [-0.05, 0) is 59.7 Å². The summed E-state index contributed by atoms with van der Waals surface area (Å²) in [5.41, 5.74) is 6.14. The fraction of sp³-hybridized carbons (Fsp3) is 0.211. The van der Waals surface area contributed by atoms with E-state index in [1.165, 1.54) is 41.7 Å². The van der Waals surface area contributed by atoms with Gasteiger partial charge in [0.05, 0.1) is 20.7 Å². The van der Waals surface area contributed by atoms with Crippen LogP contribution in [0.3, 0.4) is 0 Å². The second-order valence-electron chi connectivity index (χ2n) is 5.93. The highest BCUT2D eigenvalue weighted by Crippen LogP contribution is 2.42. The molecule has 1 fully saturated rings. The van der Waals surface area contributed by atoms with Crippen molar-refractivity contribution in [3.63, 3.8) is 0 Å². The number of thiazole rings is 1. The summed E-state index contributed by atoms with van der Waals surface area (Å²) >= 11 is 7.94. The van der Waals surface area contributed by atoms with Gasteiger partial charge >= 0.3 is 0 Å². The van der Waals surface area contributed by atoms with Crippen molar-refractivity contribution >= 4 is 44.8 Å². The van der Waals surface area contributed by atoms with Crippen molar-refractivity contribution in [1.82, 2.24) is 4.98 Å². The zero-order valence-corrected chi connectivity index (χ0v) is 14.0. The molecule has 1 nitrogen and oxygen atoms in total. The van der Waals surface area contributed by atoms with Crippen LogP contribution in [-0.4, -0.2) is 4.98 Å². The maximum Gasteiger partial charge on any atom is 0.124 e. The third kappa shape index (κ3) is 2.91. The van der Waals surface area contributed by atoms with Gasteiger partial charge in [0.1, 0.15) is 5.82 Å². The van der Waals surface area contributed by atoms with Crippen molar-refractivity contribution in [1.29, 1.82) is 0 Å². The smallest absolute Gasteiger partial charge is 0.124 e. The first kappa shape index (κ1) is 14.9. The molecule has 23 heavy (non-hydrogen) atoms. The van der Waals surface area contributed by atoms with Gasteiger partial charge in [0, 0.05) is 0 Å². The van der Waals surface area contributed by atoms with Crippen LogP contribution in [0.5, 0.6) is 0 Å². The Labute approximate surface area is 143 Å². The number of halogens is 2. The first-order valence-electron chi connectivity index (χ1n) is 7.71. The van der Waals surface area contributed by atoms with Gasteiger partial charge in [-0.25, -0.2) is 9.37 Å². The Hall–Kier alpha value is -1.71. The average Bonchev–Trinajstić information content (AvgIpc) is 2.92. The van der Waals surface area contributed by atoms with E-state index in [2.05, 4.69) is 29.3 Å². The predicted octanol–water partition coefficient (Wildman–Crippen LogP) is 6.43. The van der Waals surface area contributed by atoms with E-state index in [9.17, 15) is 4.39 Å². The van der Waals surface area contributed by atoms with E-state index < -0.39 is 0 Å². The van der Waals surface area contributed by atoms with Gasteiger partial charge in [0.25, 0.3) is 0 Å². The van der Waals surface area contributed by atoms with Crippen LogP contribution >= 0.6 is 22.9 Å². The normalized spacial score (nSPS) is 15.8. The lowest BCUT2D eigenvalue weighted by molar-refractivity contribution is 0.401. The van der Waals surface area contributed by atoms with Gasteiger partial charge in [0.2, 0.25) is 0 Å². The van der Waals surface area contributed by atoms with E-state index >= 15 is 0 Å². The highest BCUT2D eigenvalue weighted by Gasteiger charge is 2.24. The Morgan fingerprint density at radius 1 is 1.22 bits per heavy atom. The number of rotatable bonds is 3. The Balaban J connectivity index is 1.80. The standard InChI is InChI=1S/C19H15ClFNS/c20-17-10-14(21)5-6-15(17)16(13-2-1-3-13)8-12-4-7-19-18(9-12)22-11-23-19/h4-11,13H,1-3H2/b16-8+. The minimum atomic E-state index is -0.296. The maximum absolute atomic E-state index is 13.4. The van der Waals surface area contributed by atoms with E-state index in [0.717, 1.165) is 16.6 Å². The van der Waals surface area contributed by atoms with Crippen molar-refractivity contribution in [3.05, 3.63) is 63.9 Å². The summed E-state index contributed by atoms with van der Waals surface area (Å²) in [6.07, 6.45) is 5.75. The highest BCUT2D eigenvalue weighted by molar-refractivity contribution is 7.16. The highest BCUT2D eigenvalue weighted by atomic mass is 35.5. The summed E-state index contributed by atoms with van der Waals surface area (Å²) in [5, 5.41) is 0.484. The molecule has 0 saturated heterocycles. The molecule has 0 N–H and O–H groups in total. The van der Waals surface area contributed by atoms with Gasteiger partial charge < -0.3 is 0 Å². The number of nitrogens with zero attached hydrogens (tertiary/aromatic N) is 1. The molecule has 3 aromatic rings. The van der Waals surface area contributed by atoms with Crippen molar-refractivity contribution in [2.75, 3.05) is 0 Å². The van der Waals surface area contributed by atoms with Crippen LogP contribution in [0, 0.1) is 11.7 Å². The van der Waals surface area contributed by atoms with Crippen LogP contribution in [0.1, 0.15) is 30.4 Å². The zero-order valence-electron chi connectivity index (χ0n) is 12.4. The number of fused-ring (bicyclic) bond motifs is 1. The van der Waals surface area contributed by atoms with E-state index in [4.69, 9.17) is 11.6 Å². The molecule has 0 amide bonds. The fourth-order valence-corrected chi connectivity index (χ4v) is 3.94. The third-order valence-corrected chi connectivity index (χ3v) is 5.59. The molecule has 1 aliphatic rings. The first-order chi connectivity index (χ1) is 11.2. The van der Waals surface area contributed by atoms with Crippen LogP contribution < -0.4 is 0 Å². The van der Waals surface area contributed by atoms with Crippen LogP contribution in [0.25, 0.3) is 21.9 Å². The fourth-order valence-electron chi connectivity index (χ4n) is 3.00. The molecule has 4 rings (SSSR count). The summed E-state index contributed by atoms with van der Waals surface area (Å²) in [5.74, 6) is 0.208. The number of allylic oxidation sites excluding steroid dienone is 1. The average molecular weight is 344 g/mol. The quantitative estimate of drug-likeness (QED) is 0.499. The molecule has 0 radical (unpaired) electrons. The number of hydrogen-bond donors (Lipinski definition) is 0.